The first-order valence-electron chi connectivity index (χ1n) is 6.35. The van der Waals surface area contributed by atoms with Gasteiger partial charge in [0.15, 0.2) is 0 Å². The fourth-order valence-corrected chi connectivity index (χ4v) is 3.14. The van der Waals surface area contributed by atoms with Crippen molar-refractivity contribution in [3.63, 3.8) is 0 Å². The maximum atomic E-state index is 12.2. The minimum Gasteiger partial charge on any atom is -0.258 e. The lowest BCUT2D eigenvalue weighted by Gasteiger charge is -2.08. The van der Waals surface area contributed by atoms with E-state index in [-0.39, 0.29) is 12.1 Å². The van der Waals surface area contributed by atoms with Gasteiger partial charge in [0, 0.05) is 31.3 Å². The highest BCUT2D eigenvalue weighted by molar-refractivity contribution is 7.90. The van der Waals surface area contributed by atoms with Crippen molar-refractivity contribution in [1.29, 1.82) is 0 Å². The number of nitro benzene ring substituents is 1. The van der Waals surface area contributed by atoms with Crippen molar-refractivity contribution in [2.24, 2.45) is 0 Å². The Hall–Kier alpha value is -2.05. The van der Waals surface area contributed by atoms with Crippen LogP contribution in [0.1, 0.15) is 5.01 Å². The van der Waals surface area contributed by atoms with E-state index in [0.29, 0.717) is 15.4 Å². The zero-order valence-corrected chi connectivity index (χ0v) is 13.4. The number of halogens is 3. The topological polar surface area (TPSA) is 102 Å². The number of sulfonamides is 1. The number of hydrogen-bond acceptors (Lipinski definition) is 6. The normalized spacial score (nSPS) is 12.3. The Kier molecular flexibility index (Phi) is 5.20. The fourth-order valence-electron chi connectivity index (χ4n) is 1.68. The van der Waals surface area contributed by atoms with Crippen LogP contribution < -0.4 is 4.72 Å². The van der Waals surface area contributed by atoms with Crippen LogP contribution in [0.15, 0.2) is 30.5 Å². The molecule has 0 saturated heterocycles. The number of hydrogen-bond donors (Lipinski definition) is 1. The van der Waals surface area contributed by atoms with Crippen molar-refractivity contribution >= 4 is 27.0 Å². The Morgan fingerprint density at radius 3 is 2.42 bits per heavy atom. The number of nitrogens with one attached hydrogen (secondary N) is 1. The van der Waals surface area contributed by atoms with E-state index >= 15 is 0 Å². The van der Waals surface area contributed by atoms with Gasteiger partial charge in [0.1, 0.15) is 0 Å². The molecule has 2 aromatic rings. The Morgan fingerprint density at radius 2 is 1.88 bits per heavy atom. The molecule has 1 N–H and O–H groups in total. The quantitative estimate of drug-likeness (QED) is 0.612. The van der Waals surface area contributed by atoms with Crippen LogP contribution in [0.4, 0.5) is 18.9 Å². The fraction of sp³-hybridized carbons (Fsp3) is 0.250. The van der Waals surface area contributed by atoms with E-state index in [9.17, 15) is 31.7 Å². The predicted octanol–water partition coefficient (Wildman–Crippen LogP) is 2.70. The first-order valence-corrected chi connectivity index (χ1v) is 8.65. The average molecular weight is 381 g/mol. The number of rotatable bonds is 6. The van der Waals surface area contributed by atoms with Gasteiger partial charge in [-0.05, 0) is 17.7 Å². The van der Waals surface area contributed by atoms with Crippen LogP contribution in [0, 0.1) is 10.1 Å². The largest absolute Gasteiger partial charge is 0.511 e. The van der Waals surface area contributed by atoms with E-state index in [1.165, 1.54) is 35.2 Å². The van der Waals surface area contributed by atoms with Crippen molar-refractivity contribution < 1.29 is 26.5 Å². The van der Waals surface area contributed by atoms with Gasteiger partial charge >= 0.3 is 15.5 Å². The molecule has 0 atom stereocenters. The third-order valence-electron chi connectivity index (χ3n) is 2.85. The highest BCUT2D eigenvalue weighted by Gasteiger charge is 2.45. The number of alkyl halides is 3. The SMILES string of the molecule is O=[N+]([O-])c1ccc(-c2cnc(CCNS(=O)(=O)C(F)(F)F)s2)cc1. The number of benzene rings is 1. The summed E-state index contributed by atoms with van der Waals surface area (Å²) in [6.45, 7) is -0.435. The lowest BCUT2D eigenvalue weighted by Crippen LogP contribution is -2.37. The summed E-state index contributed by atoms with van der Waals surface area (Å²) in [4.78, 5) is 14.7. The Morgan fingerprint density at radius 1 is 1.25 bits per heavy atom. The zero-order valence-electron chi connectivity index (χ0n) is 11.8. The van der Waals surface area contributed by atoms with Crippen molar-refractivity contribution in [2.45, 2.75) is 11.9 Å². The van der Waals surface area contributed by atoms with E-state index in [0.717, 1.165) is 11.3 Å². The Bertz CT molecular complexity index is 832. The molecule has 0 saturated carbocycles. The van der Waals surface area contributed by atoms with Crippen LogP contribution in [0.5, 0.6) is 0 Å². The highest BCUT2D eigenvalue weighted by atomic mass is 32.2. The smallest absolute Gasteiger partial charge is 0.258 e. The summed E-state index contributed by atoms with van der Waals surface area (Å²) < 4.78 is 59.6. The summed E-state index contributed by atoms with van der Waals surface area (Å²) in [5.41, 5.74) is -4.75. The summed E-state index contributed by atoms with van der Waals surface area (Å²) in [5, 5.41) is 11.0. The summed E-state index contributed by atoms with van der Waals surface area (Å²) in [7, 11) is -5.36. The van der Waals surface area contributed by atoms with Gasteiger partial charge in [0.25, 0.3) is 5.69 Å². The molecule has 1 aromatic heterocycles. The van der Waals surface area contributed by atoms with Crippen LogP contribution in [-0.4, -0.2) is 30.4 Å². The van der Waals surface area contributed by atoms with Gasteiger partial charge in [-0.1, -0.05) is 0 Å². The van der Waals surface area contributed by atoms with Crippen molar-refractivity contribution in [2.75, 3.05) is 6.54 Å². The van der Waals surface area contributed by atoms with Gasteiger partial charge in [-0.15, -0.1) is 11.3 Å². The lowest BCUT2D eigenvalue weighted by molar-refractivity contribution is -0.384. The molecule has 1 aromatic carbocycles. The molecule has 0 fully saturated rings. The zero-order chi connectivity index (χ0) is 18.0. The minimum atomic E-state index is -5.36. The predicted molar refractivity (Wildman–Crippen MR) is 80.9 cm³/mol. The molecule has 0 spiro atoms. The maximum Gasteiger partial charge on any atom is 0.511 e. The first-order chi connectivity index (χ1) is 11.1. The minimum absolute atomic E-state index is 0.00699. The van der Waals surface area contributed by atoms with Crippen LogP contribution >= 0.6 is 11.3 Å². The van der Waals surface area contributed by atoms with Crippen LogP contribution in [-0.2, 0) is 16.4 Å². The molecule has 0 aliphatic carbocycles. The van der Waals surface area contributed by atoms with Crippen molar-refractivity contribution in [3.05, 3.63) is 45.6 Å². The lowest BCUT2D eigenvalue weighted by atomic mass is 10.2. The molecule has 0 aliphatic heterocycles. The maximum absolute atomic E-state index is 12.2. The molecule has 24 heavy (non-hydrogen) atoms. The van der Waals surface area contributed by atoms with Gasteiger partial charge in [-0.2, -0.15) is 13.2 Å². The number of thiazole rings is 1. The number of non-ortho nitro benzene ring substituents is 1. The van der Waals surface area contributed by atoms with Gasteiger partial charge in [0.2, 0.25) is 0 Å². The van der Waals surface area contributed by atoms with E-state index in [2.05, 4.69) is 4.98 Å². The van der Waals surface area contributed by atoms with E-state index in [1.54, 1.807) is 0 Å². The molecule has 1 heterocycles. The van der Waals surface area contributed by atoms with E-state index in [1.807, 2.05) is 0 Å². The Balaban J connectivity index is 2.00. The van der Waals surface area contributed by atoms with E-state index < -0.39 is 27.0 Å². The van der Waals surface area contributed by atoms with Gasteiger partial charge in [0.05, 0.1) is 14.8 Å². The van der Waals surface area contributed by atoms with Crippen molar-refractivity contribution in [3.8, 4) is 10.4 Å². The van der Waals surface area contributed by atoms with Gasteiger partial charge < -0.3 is 0 Å². The van der Waals surface area contributed by atoms with Crippen molar-refractivity contribution in [1.82, 2.24) is 9.71 Å². The number of nitro groups is 1. The summed E-state index contributed by atoms with van der Waals surface area (Å²) >= 11 is 1.16. The molecule has 12 heteroatoms. The second kappa shape index (κ2) is 6.83. The molecular weight excluding hydrogens is 371 g/mol. The summed E-state index contributed by atoms with van der Waals surface area (Å²) in [5.74, 6) is 0. The third-order valence-corrected chi connectivity index (χ3v) is 5.15. The molecule has 0 unspecified atom stereocenters. The summed E-state index contributed by atoms with van der Waals surface area (Å²) in [6.07, 6.45) is 1.46. The molecule has 0 radical (unpaired) electrons. The van der Waals surface area contributed by atoms with Gasteiger partial charge in [-0.25, -0.2) is 18.1 Å². The number of nitrogens with zero attached hydrogens (tertiary/aromatic N) is 2. The van der Waals surface area contributed by atoms with Crippen LogP contribution in [0.3, 0.4) is 0 Å². The monoisotopic (exact) mass is 381 g/mol. The van der Waals surface area contributed by atoms with Crippen LogP contribution in [0.2, 0.25) is 0 Å². The molecular formula is C12H10F3N3O4S2. The second-order valence-corrected chi connectivity index (χ2v) is 7.39. The second-order valence-electron chi connectivity index (χ2n) is 4.52. The standard InChI is InChI=1S/C12H10F3N3O4S2/c13-12(14,15)24(21,22)17-6-5-11-16-7-10(23-11)8-1-3-9(4-2-8)18(19)20/h1-4,7,17H,5-6H2. The average Bonchev–Trinajstić information content (AvgIpc) is 2.95. The first kappa shape index (κ1) is 18.3. The Labute approximate surface area is 138 Å². The third kappa shape index (κ3) is 4.27. The molecule has 2 rings (SSSR count). The molecule has 0 aliphatic rings. The van der Waals surface area contributed by atoms with Crippen LogP contribution in [0.25, 0.3) is 10.4 Å². The molecule has 0 amide bonds. The van der Waals surface area contributed by atoms with Gasteiger partial charge in [-0.3, -0.25) is 10.1 Å². The summed E-state index contributed by atoms with van der Waals surface area (Å²) in [6, 6.07) is 5.71. The number of aromatic nitrogens is 1. The highest BCUT2D eigenvalue weighted by Crippen LogP contribution is 2.28. The molecule has 130 valence electrons. The van der Waals surface area contributed by atoms with E-state index in [4.69, 9.17) is 0 Å². The molecule has 7 nitrogen and oxygen atoms in total. The molecule has 0 bridgehead atoms.